The molecule has 0 saturated heterocycles. The third-order valence-corrected chi connectivity index (χ3v) is 5.35. The molecule has 0 spiro atoms. The number of hydrogen-bond acceptors (Lipinski definition) is 5. The van der Waals surface area contributed by atoms with Crippen molar-refractivity contribution in [3.8, 4) is 0 Å². The third-order valence-electron chi connectivity index (χ3n) is 3.48. The average molecular weight is 293 g/mol. The van der Waals surface area contributed by atoms with Gasteiger partial charge in [-0.25, -0.2) is 4.98 Å². The molecular formula is C13H15N3OS2. The number of carbonyl (C=O) groups is 1. The van der Waals surface area contributed by atoms with E-state index in [0.717, 1.165) is 18.0 Å². The Morgan fingerprint density at radius 1 is 1.58 bits per heavy atom. The van der Waals surface area contributed by atoms with E-state index in [4.69, 9.17) is 5.73 Å². The average Bonchev–Trinajstić information content (AvgIpc) is 3.07. The molecule has 1 aliphatic heterocycles. The maximum Gasteiger partial charge on any atom is 0.273 e. The predicted molar refractivity (Wildman–Crippen MR) is 77.5 cm³/mol. The van der Waals surface area contributed by atoms with Crippen LogP contribution >= 0.6 is 22.7 Å². The molecule has 1 amide bonds. The number of fused-ring (bicyclic) bond motifs is 1. The Balaban J connectivity index is 1.85. The molecule has 3 rings (SSSR count). The van der Waals surface area contributed by atoms with Gasteiger partial charge in [-0.1, -0.05) is 0 Å². The molecule has 0 fully saturated rings. The van der Waals surface area contributed by atoms with E-state index in [1.54, 1.807) is 16.7 Å². The molecule has 100 valence electrons. The maximum absolute atomic E-state index is 12.5. The number of nitrogens with zero attached hydrogens (tertiary/aromatic N) is 2. The second-order valence-corrected chi connectivity index (χ2v) is 6.50. The number of carbonyl (C=O) groups excluding carboxylic acids is 1. The first-order valence-corrected chi connectivity index (χ1v) is 7.98. The summed E-state index contributed by atoms with van der Waals surface area (Å²) in [4.78, 5) is 20.1. The number of aromatic nitrogens is 1. The smallest absolute Gasteiger partial charge is 0.273 e. The molecule has 0 radical (unpaired) electrons. The molecule has 6 heteroatoms. The lowest BCUT2D eigenvalue weighted by molar-refractivity contribution is 0.0674. The molecule has 19 heavy (non-hydrogen) atoms. The maximum atomic E-state index is 12.5. The molecule has 4 nitrogen and oxygen atoms in total. The molecule has 0 aromatic carbocycles. The van der Waals surface area contributed by atoms with Crippen LogP contribution in [0.5, 0.6) is 0 Å². The van der Waals surface area contributed by atoms with Crippen molar-refractivity contribution >= 4 is 28.6 Å². The van der Waals surface area contributed by atoms with E-state index in [1.165, 1.54) is 21.8 Å². The normalized spacial score (nSPS) is 18.4. The van der Waals surface area contributed by atoms with Gasteiger partial charge in [0.25, 0.3) is 5.91 Å². The summed E-state index contributed by atoms with van der Waals surface area (Å²) in [5, 5.41) is 4.72. The van der Waals surface area contributed by atoms with E-state index in [9.17, 15) is 4.79 Å². The van der Waals surface area contributed by atoms with Gasteiger partial charge < -0.3 is 10.6 Å². The van der Waals surface area contributed by atoms with Crippen molar-refractivity contribution in [2.75, 3.05) is 6.54 Å². The molecular weight excluding hydrogens is 278 g/mol. The molecule has 0 saturated carbocycles. The SMILES string of the molecule is CC1c2ccsc2CCN1C(=O)c1csc(CN)n1. The number of thiazole rings is 1. The Morgan fingerprint density at radius 2 is 2.42 bits per heavy atom. The van der Waals surface area contributed by atoms with Gasteiger partial charge in [0.05, 0.1) is 6.04 Å². The molecule has 1 aliphatic rings. The summed E-state index contributed by atoms with van der Waals surface area (Å²) >= 11 is 3.23. The van der Waals surface area contributed by atoms with Crippen molar-refractivity contribution in [1.29, 1.82) is 0 Å². The number of hydrogen-bond donors (Lipinski definition) is 1. The van der Waals surface area contributed by atoms with Gasteiger partial charge in [0.2, 0.25) is 0 Å². The van der Waals surface area contributed by atoms with E-state index in [-0.39, 0.29) is 11.9 Å². The van der Waals surface area contributed by atoms with Gasteiger partial charge in [0.15, 0.2) is 0 Å². The van der Waals surface area contributed by atoms with Crippen LogP contribution in [0.4, 0.5) is 0 Å². The minimum atomic E-state index is 0.0142. The van der Waals surface area contributed by atoms with Crippen LogP contribution < -0.4 is 5.73 Å². The fourth-order valence-electron chi connectivity index (χ4n) is 2.44. The predicted octanol–water partition coefficient (Wildman–Crippen LogP) is 2.42. The van der Waals surface area contributed by atoms with Crippen LogP contribution in [0.1, 0.15) is 38.9 Å². The summed E-state index contributed by atoms with van der Waals surface area (Å²) in [6.45, 7) is 3.24. The van der Waals surface area contributed by atoms with E-state index in [1.807, 2.05) is 4.90 Å². The van der Waals surface area contributed by atoms with Crippen molar-refractivity contribution in [2.45, 2.75) is 25.9 Å². The number of thiophene rings is 1. The first-order valence-electron chi connectivity index (χ1n) is 6.22. The fourth-order valence-corrected chi connectivity index (χ4v) is 4.05. The molecule has 1 atom stereocenters. The van der Waals surface area contributed by atoms with Crippen LogP contribution in [0, 0.1) is 0 Å². The van der Waals surface area contributed by atoms with Gasteiger partial charge in [-0.2, -0.15) is 0 Å². The van der Waals surface area contributed by atoms with Crippen molar-refractivity contribution in [2.24, 2.45) is 5.73 Å². The lowest BCUT2D eigenvalue weighted by Crippen LogP contribution is -2.38. The van der Waals surface area contributed by atoms with Crippen LogP contribution in [0.15, 0.2) is 16.8 Å². The lowest BCUT2D eigenvalue weighted by atomic mass is 10.0. The summed E-state index contributed by atoms with van der Waals surface area (Å²) < 4.78 is 0. The standard InChI is InChI=1S/C13H15N3OS2/c1-8-9-3-5-18-11(9)2-4-16(8)13(17)10-7-19-12(6-14)15-10/h3,5,7-8H,2,4,6,14H2,1H3. The highest BCUT2D eigenvalue weighted by molar-refractivity contribution is 7.10. The Hall–Kier alpha value is -1.24. The third kappa shape index (κ3) is 2.20. The molecule has 2 N–H and O–H groups in total. The topological polar surface area (TPSA) is 59.2 Å². The summed E-state index contributed by atoms with van der Waals surface area (Å²) in [5.74, 6) is 0.0142. The summed E-state index contributed by atoms with van der Waals surface area (Å²) in [7, 11) is 0. The molecule has 2 aromatic heterocycles. The first-order chi connectivity index (χ1) is 9.20. The minimum absolute atomic E-state index is 0.0142. The highest BCUT2D eigenvalue weighted by atomic mass is 32.1. The molecule has 3 heterocycles. The van der Waals surface area contributed by atoms with Gasteiger partial charge >= 0.3 is 0 Å². The Kier molecular flexibility index (Phi) is 3.38. The Labute approximate surface area is 119 Å². The van der Waals surface area contributed by atoms with Crippen molar-refractivity contribution in [1.82, 2.24) is 9.88 Å². The first kappa shape index (κ1) is 12.8. The zero-order valence-electron chi connectivity index (χ0n) is 10.6. The molecule has 0 aliphatic carbocycles. The minimum Gasteiger partial charge on any atom is -0.330 e. The van der Waals surface area contributed by atoms with E-state index < -0.39 is 0 Å². The molecule has 2 aromatic rings. The second kappa shape index (κ2) is 5.03. The Morgan fingerprint density at radius 3 is 3.16 bits per heavy atom. The van der Waals surface area contributed by atoms with Gasteiger partial charge in [0, 0.05) is 23.3 Å². The highest BCUT2D eigenvalue weighted by Gasteiger charge is 2.29. The monoisotopic (exact) mass is 293 g/mol. The van der Waals surface area contributed by atoms with E-state index in [0.29, 0.717) is 12.2 Å². The van der Waals surface area contributed by atoms with Crippen LogP contribution in [0.3, 0.4) is 0 Å². The highest BCUT2D eigenvalue weighted by Crippen LogP contribution is 2.33. The van der Waals surface area contributed by atoms with Gasteiger partial charge in [-0.05, 0) is 30.4 Å². The zero-order valence-corrected chi connectivity index (χ0v) is 12.3. The number of rotatable bonds is 2. The number of amides is 1. The number of nitrogens with two attached hydrogens (primary N) is 1. The summed E-state index contributed by atoms with van der Waals surface area (Å²) in [6.07, 6.45) is 0.941. The molecule has 1 unspecified atom stereocenters. The largest absolute Gasteiger partial charge is 0.330 e. The van der Waals surface area contributed by atoms with Crippen molar-refractivity contribution in [3.05, 3.63) is 38.0 Å². The second-order valence-electron chi connectivity index (χ2n) is 4.55. The van der Waals surface area contributed by atoms with E-state index in [2.05, 4.69) is 23.4 Å². The van der Waals surface area contributed by atoms with Gasteiger partial charge in [0.1, 0.15) is 10.7 Å². The van der Waals surface area contributed by atoms with Crippen LogP contribution in [0.2, 0.25) is 0 Å². The summed E-state index contributed by atoms with van der Waals surface area (Å²) in [5.41, 5.74) is 7.34. The van der Waals surface area contributed by atoms with Gasteiger partial charge in [-0.3, -0.25) is 4.79 Å². The van der Waals surface area contributed by atoms with Crippen LogP contribution in [-0.2, 0) is 13.0 Å². The zero-order chi connectivity index (χ0) is 13.4. The summed E-state index contributed by atoms with van der Waals surface area (Å²) in [6, 6.07) is 2.25. The van der Waals surface area contributed by atoms with Crippen molar-refractivity contribution < 1.29 is 4.79 Å². The van der Waals surface area contributed by atoms with Gasteiger partial charge in [-0.15, -0.1) is 22.7 Å². The van der Waals surface area contributed by atoms with Crippen molar-refractivity contribution in [3.63, 3.8) is 0 Å². The quantitative estimate of drug-likeness (QED) is 0.925. The fraction of sp³-hybridized carbons (Fsp3) is 0.385. The molecule has 0 bridgehead atoms. The van der Waals surface area contributed by atoms with Crippen LogP contribution in [-0.4, -0.2) is 22.3 Å². The van der Waals surface area contributed by atoms with Crippen LogP contribution in [0.25, 0.3) is 0 Å². The van der Waals surface area contributed by atoms with E-state index >= 15 is 0 Å². The lowest BCUT2D eigenvalue weighted by Gasteiger charge is -2.33. The Bertz CT molecular complexity index is 605.